The van der Waals surface area contributed by atoms with Gasteiger partial charge in [0.2, 0.25) is 0 Å². The van der Waals surface area contributed by atoms with Crippen molar-refractivity contribution in [3.8, 4) is 11.4 Å². The van der Waals surface area contributed by atoms with Crippen LogP contribution in [0.25, 0.3) is 5.69 Å². The largest absolute Gasteiger partial charge is 0.497 e. The fraction of sp³-hybridized carbons (Fsp3) is 0.182. The van der Waals surface area contributed by atoms with Gasteiger partial charge in [0.05, 0.1) is 12.8 Å². The number of ether oxygens (including phenoxy) is 1. The molecule has 0 aliphatic rings. The molecule has 2 aromatic rings. The molecule has 5 heteroatoms. The molecule has 16 heavy (non-hydrogen) atoms. The number of aromatic amines is 1. The lowest BCUT2D eigenvalue weighted by atomic mass is 10.3. The van der Waals surface area contributed by atoms with E-state index in [0.29, 0.717) is 4.77 Å². The first-order valence-corrected chi connectivity index (χ1v) is 5.94. The number of rotatable bonds is 2. The van der Waals surface area contributed by atoms with Gasteiger partial charge in [0.1, 0.15) is 5.75 Å². The first-order valence-electron chi connectivity index (χ1n) is 4.74. The maximum atomic E-state index is 5.24. The van der Waals surface area contributed by atoms with Crippen molar-refractivity contribution in [2.24, 2.45) is 0 Å². The molecule has 1 heterocycles. The fourth-order valence-electron chi connectivity index (χ4n) is 1.50. The molecule has 84 valence electrons. The van der Waals surface area contributed by atoms with E-state index in [9.17, 15) is 0 Å². The van der Waals surface area contributed by atoms with Gasteiger partial charge in [-0.15, -0.1) is 0 Å². The molecule has 0 aliphatic heterocycles. The van der Waals surface area contributed by atoms with Gasteiger partial charge >= 0.3 is 0 Å². The third kappa shape index (κ3) is 2.05. The van der Waals surface area contributed by atoms with E-state index >= 15 is 0 Å². The highest BCUT2D eigenvalue weighted by Gasteiger charge is 2.06. The van der Waals surface area contributed by atoms with E-state index in [1.807, 2.05) is 35.9 Å². The van der Waals surface area contributed by atoms with Crippen LogP contribution in [0.2, 0.25) is 0 Å². The molecule has 0 unspecified atom stereocenters. The molecule has 0 amide bonds. The SMILES string of the molecule is COc1ccc(Br)c(-n2cc(C)[nH]c2=S)c1. The second kappa shape index (κ2) is 4.43. The van der Waals surface area contributed by atoms with Crippen molar-refractivity contribution in [2.45, 2.75) is 6.92 Å². The van der Waals surface area contributed by atoms with E-state index in [1.165, 1.54) is 0 Å². The topological polar surface area (TPSA) is 29.9 Å². The minimum atomic E-state index is 0.673. The van der Waals surface area contributed by atoms with Crippen molar-refractivity contribution in [1.82, 2.24) is 9.55 Å². The lowest BCUT2D eigenvalue weighted by molar-refractivity contribution is 0.414. The van der Waals surface area contributed by atoms with Gasteiger partial charge < -0.3 is 9.72 Å². The number of imidazole rings is 1. The Kier molecular flexibility index (Phi) is 3.16. The molecule has 0 bridgehead atoms. The molecule has 3 nitrogen and oxygen atoms in total. The van der Waals surface area contributed by atoms with E-state index in [1.54, 1.807) is 7.11 Å². The molecule has 0 saturated carbocycles. The summed E-state index contributed by atoms with van der Waals surface area (Å²) in [4.78, 5) is 3.09. The smallest absolute Gasteiger partial charge is 0.182 e. The maximum Gasteiger partial charge on any atom is 0.182 e. The summed E-state index contributed by atoms with van der Waals surface area (Å²) in [5.74, 6) is 0.805. The first kappa shape index (κ1) is 11.4. The summed E-state index contributed by atoms with van der Waals surface area (Å²) in [5, 5.41) is 0. The average molecular weight is 299 g/mol. The number of hydrogen-bond acceptors (Lipinski definition) is 2. The number of H-pyrrole nitrogens is 1. The Bertz CT molecular complexity index is 574. The number of aryl methyl sites for hydroxylation is 1. The number of nitrogens with zero attached hydrogens (tertiary/aromatic N) is 1. The summed E-state index contributed by atoms with van der Waals surface area (Å²) in [6.07, 6.45) is 1.96. The molecule has 0 radical (unpaired) electrons. The van der Waals surface area contributed by atoms with Crippen molar-refractivity contribution in [3.05, 3.63) is 39.3 Å². The summed E-state index contributed by atoms with van der Waals surface area (Å²) in [7, 11) is 1.65. The number of halogens is 1. The van der Waals surface area contributed by atoms with Crippen LogP contribution in [0.5, 0.6) is 5.75 Å². The highest BCUT2D eigenvalue weighted by molar-refractivity contribution is 9.10. The summed E-state index contributed by atoms with van der Waals surface area (Å²) < 4.78 is 8.76. The molecule has 0 spiro atoms. The van der Waals surface area contributed by atoms with E-state index in [0.717, 1.165) is 21.6 Å². The molecular weight excluding hydrogens is 288 g/mol. The zero-order chi connectivity index (χ0) is 11.7. The average Bonchev–Trinajstić information content (AvgIpc) is 2.58. The van der Waals surface area contributed by atoms with Crippen LogP contribution >= 0.6 is 28.1 Å². The minimum Gasteiger partial charge on any atom is -0.497 e. The van der Waals surface area contributed by atoms with Gasteiger partial charge in [-0.05, 0) is 47.2 Å². The van der Waals surface area contributed by atoms with Crippen molar-refractivity contribution < 1.29 is 4.74 Å². The summed E-state index contributed by atoms with van der Waals surface area (Å²) in [5.41, 5.74) is 1.99. The van der Waals surface area contributed by atoms with Crippen LogP contribution in [0.15, 0.2) is 28.9 Å². The number of hydrogen-bond donors (Lipinski definition) is 1. The van der Waals surface area contributed by atoms with Crippen LogP contribution < -0.4 is 4.74 Å². The molecular formula is C11H11BrN2OS. The third-order valence-electron chi connectivity index (χ3n) is 2.26. The summed E-state index contributed by atoms with van der Waals surface area (Å²) in [6.45, 7) is 1.97. The quantitative estimate of drug-likeness (QED) is 0.858. The zero-order valence-corrected chi connectivity index (χ0v) is 11.4. The molecule has 1 N–H and O–H groups in total. The lowest BCUT2D eigenvalue weighted by Crippen LogP contribution is -1.94. The maximum absolute atomic E-state index is 5.24. The van der Waals surface area contributed by atoms with Crippen molar-refractivity contribution in [1.29, 1.82) is 0 Å². The Labute approximate surface area is 107 Å². The Balaban J connectivity index is 2.63. The van der Waals surface area contributed by atoms with Gasteiger partial charge in [-0.1, -0.05) is 0 Å². The van der Waals surface area contributed by atoms with Crippen molar-refractivity contribution in [3.63, 3.8) is 0 Å². The van der Waals surface area contributed by atoms with Crippen LogP contribution in [-0.2, 0) is 0 Å². The van der Waals surface area contributed by atoms with Crippen LogP contribution in [-0.4, -0.2) is 16.7 Å². The Morgan fingerprint density at radius 2 is 2.19 bits per heavy atom. The van der Waals surface area contributed by atoms with Gasteiger partial charge in [-0.2, -0.15) is 0 Å². The predicted molar refractivity (Wildman–Crippen MR) is 69.9 cm³/mol. The standard InChI is InChI=1S/C11H11BrN2OS/c1-7-6-14(11(16)13-7)10-5-8(15-2)3-4-9(10)12/h3-6H,1-2H3,(H,13,16). The van der Waals surface area contributed by atoms with Gasteiger partial charge in [0.25, 0.3) is 0 Å². The van der Waals surface area contributed by atoms with E-state index < -0.39 is 0 Å². The summed E-state index contributed by atoms with van der Waals surface area (Å²) in [6, 6.07) is 5.78. The van der Waals surface area contributed by atoms with Crippen molar-refractivity contribution >= 4 is 28.1 Å². The second-order valence-electron chi connectivity index (χ2n) is 3.43. The van der Waals surface area contributed by atoms with Gasteiger partial charge in [-0.25, -0.2) is 0 Å². The van der Waals surface area contributed by atoms with Gasteiger partial charge in [-0.3, -0.25) is 4.57 Å². The predicted octanol–water partition coefficient (Wildman–Crippen LogP) is 3.61. The van der Waals surface area contributed by atoms with Crippen LogP contribution in [0.3, 0.4) is 0 Å². The number of aromatic nitrogens is 2. The Morgan fingerprint density at radius 1 is 1.44 bits per heavy atom. The van der Waals surface area contributed by atoms with Gasteiger partial charge in [0, 0.05) is 22.4 Å². The molecule has 2 rings (SSSR count). The van der Waals surface area contributed by atoms with E-state index in [2.05, 4.69) is 20.9 Å². The monoisotopic (exact) mass is 298 g/mol. The van der Waals surface area contributed by atoms with Crippen LogP contribution in [0, 0.1) is 11.7 Å². The Morgan fingerprint density at radius 3 is 2.75 bits per heavy atom. The van der Waals surface area contributed by atoms with Crippen LogP contribution in [0.4, 0.5) is 0 Å². The van der Waals surface area contributed by atoms with E-state index in [-0.39, 0.29) is 0 Å². The second-order valence-corrected chi connectivity index (χ2v) is 4.67. The normalized spacial score (nSPS) is 10.4. The molecule has 1 aromatic carbocycles. The van der Waals surface area contributed by atoms with Crippen molar-refractivity contribution in [2.75, 3.05) is 7.11 Å². The molecule has 0 aliphatic carbocycles. The minimum absolute atomic E-state index is 0.673. The highest BCUT2D eigenvalue weighted by Crippen LogP contribution is 2.26. The molecule has 0 atom stereocenters. The molecule has 0 fully saturated rings. The highest BCUT2D eigenvalue weighted by atomic mass is 79.9. The van der Waals surface area contributed by atoms with Gasteiger partial charge in [0.15, 0.2) is 4.77 Å². The lowest BCUT2D eigenvalue weighted by Gasteiger charge is -2.07. The fourth-order valence-corrected chi connectivity index (χ4v) is 2.25. The first-order chi connectivity index (χ1) is 7.61. The van der Waals surface area contributed by atoms with E-state index in [4.69, 9.17) is 17.0 Å². The number of benzene rings is 1. The number of methoxy groups -OCH3 is 1. The number of nitrogens with one attached hydrogen (secondary N) is 1. The van der Waals surface area contributed by atoms with Crippen LogP contribution in [0.1, 0.15) is 5.69 Å². The summed E-state index contributed by atoms with van der Waals surface area (Å²) >= 11 is 8.74. The Hall–Kier alpha value is -1.07. The molecule has 0 saturated heterocycles. The third-order valence-corrected chi connectivity index (χ3v) is 3.23. The molecule has 1 aromatic heterocycles. The zero-order valence-electron chi connectivity index (χ0n) is 8.95.